The van der Waals surface area contributed by atoms with Crippen LogP contribution in [0, 0.1) is 11.7 Å². The Labute approximate surface area is 96.6 Å². The van der Waals surface area contributed by atoms with Crippen molar-refractivity contribution in [2.24, 2.45) is 11.7 Å². The van der Waals surface area contributed by atoms with Gasteiger partial charge in [0.15, 0.2) is 0 Å². The van der Waals surface area contributed by atoms with Gasteiger partial charge in [-0.2, -0.15) is 0 Å². The van der Waals surface area contributed by atoms with Crippen LogP contribution in [0.2, 0.25) is 0 Å². The Balaban J connectivity index is 2.79. The van der Waals surface area contributed by atoms with Crippen molar-refractivity contribution in [3.8, 4) is 5.75 Å². The predicted octanol–water partition coefficient (Wildman–Crippen LogP) is 3.27. The largest absolute Gasteiger partial charge is 0.497 e. The first-order valence-electron chi connectivity index (χ1n) is 5.67. The average Bonchev–Trinajstić information content (AvgIpc) is 2.28. The van der Waals surface area contributed by atoms with E-state index in [0.717, 1.165) is 12.8 Å². The third-order valence-corrected chi connectivity index (χ3v) is 2.96. The Morgan fingerprint density at radius 3 is 2.62 bits per heavy atom. The summed E-state index contributed by atoms with van der Waals surface area (Å²) >= 11 is 0. The Morgan fingerprint density at radius 2 is 2.12 bits per heavy atom. The monoisotopic (exact) mass is 225 g/mol. The topological polar surface area (TPSA) is 35.2 Å². The highest BCUT2D eigenvalue weighted by Gasteiger charge is 2.14. The predicted molar refractivity (Wildman–Crippen MR) is 64.0 cm³/mol. The van der Waals surface area contributed by atoms with Crippen molar-refractivity contribution in [1.29, 1.82) is 0 Å². The van der Waals surface area contributed by atoms with Gasteiger partial charge in [-0.3, -0.25) is 0 Å². The van der Waals surface area contributed by atoms with Crippen molar-refractivity contribution >= 4 is 0 Å². The highest BCUT2D eigenvalue weighted by atomic mass is 19.1. The van der Waals surface area contributed by atoms with Crippen molar-refractivity contribution in [3.63, 3.8) is 0 Å². The Bertz CT molecular complexity index is 341. The number of rotatable bonds is 5. The molecule has 3 heteroatoms. The molecule has 2 unspecified atom stereocenters. The van der Waals surface area contributed by atoms with Crippen molar-refractivity contribution in [3.05, 3.63) is 29.6 Å². The zero-order valence-corrected chi connectivity index (χ0v) is 10.2. The molecule has 0 heterocycles. The lowest BCUT2D eigenvalue weighted by atomic mass is 9.94. The van der Waals surface area contributed by atoms with E-state index in [0.29, 0.717) is 17.2 Å². The maximum absolute atomic E-state index is 13.7. The van der Waals surface area contributed by atoms with E-state index in [4.69, 9.17) is 10.5 Å². The molecule has 0 aliphatic rings. The summed E-state index contributed by atoms with van der Waals surface area (Å²) in [5.41, 5.74) is 6.55. The number of nitrogens with two attached hydrogens (primary N) is 1. The van der Waals surface area contributed by atoms with Crippen LogP contribution in [0.25, 0.3) is 0 Å². The van der Waals surface area contributed by atoms with Crippen LogP contribution in [0.1, 0.15) is 38.3 Å². The summed E-state index contributed by atoms with van der Waals surface area (Å²) in [5, 5.41) is 0. The molecular weight excluding hydrogens is 205 g/mol. The molecule has 0 aromatic heterocycles. The molecule has 2 nitrogen and oxygen atoms in total. The molecule has 1 aromatic carbocycles. The van der Waals surface area contributed by atoms with E-state index in [-0.39, 0.29) is 11.9 Å². The number of ether oxygens (including phenoxy) is 1. The van der Waals surface area contributed by atoms with Gasteiger partial charge >= 0.3 is 0 Å². The van der Waals surface area contributed by atoms with Crippen LogP contribution in [0.15, 0.2) is 18.2 Å². The molecule has 1 rings (SSSR count). The van der Waals surface area contributed by atoms with Gasteiger partial charge in [-0.05, 0) is 18.4 Å². The number of benzene rings is 1. The molecular formula is C13H20FNO. The molecule has 0 amide bonds. The number of halogens is 1. The Morgan fingerprint density at radius 1 is 1.44 bits per heavy atom. The molecule has 0 radical (unpaired) electrons. The second-order valence-electron chi connectivity index (χ2n) is 4.24. The molecule has 2 N–H and O–H groups in total. The summed E-state index contributed by atoms with van der Waals surface area (Å²) in [6.07, 6.45) is 1.87. The maximum atomic E-state index is 13.7. The summed E-state index contributed by atoms with van der Waals surface area (Å²) in [6, 6.07) is 4.60. The smallest absolute Gasteiger partial charge is 0.131 e. The molecule has 0 fully saturated rings. The molecule has 0 bridgehead atoms. The molecule has 0 spiro atoms. The standard InChI is InChI=1S/C13H20FNO/c1-4-9(2)7-13(15)11-6-5-10(16-3)8-12(11)14/h5-6,8-9,13H,4,7,15H2,1-3H3. The Kier molecular flexibility index (Phi) is 4.74. The first-order chi connectivity index (χ1) is 7.58. The molecule has 16 heavy (non-hydrogen) atoms. The Hall–Kier alpha value is -1.09. The van der Waals surface area contributed by atoms with E-state index in [2.05, 4.69) is 13.8 Å². The number of hydrogen-bond acceptors (Lipinski definition) is 2. The first-order valence-corrected chi connectivity index (χ1v) is 5.67. The van der Waals surface area contributed by atoms with Crippen molar-refractivity contribution in [2.45, 2.75) is 32.7 Å². The molecule has 0 saturated carbocycles. The molecule has 1 aromatic rings. The summed E-state index contributed by atoms with van der Waals surface area (Å²) in [4.78, 5) is 0. The van der Waals surface area contributed by atoms with Gasteiger partial charge in [0.2, 0.25) is 0 Å². The van der Waals surface area contributed by atoms with Crippen molar-refractivity contribution in [1.82, 2.24) is 0 Å². The van der Waals surface area contributed by atoms with Gasteiger partial charge in [0.25, 0.3) is 0 Å². The number of hydrogen-bond donors (Lipinski definition) is 1. The van der Waals surface area contributed by atoms with Gasteiger partial charge in [-0.15, -0.1) is 0 Å². The summed E-state index contributed by atoms with van der Waals surface area (Å²) < 4.78 is 18.6. The second-order valence-corrected chi connectivity index (χ2v) is 4.24. The molecule has 2 atom stereocenters. The summed E-state index contributed by atoms with van der Waals surface area (Å²) in [6.45, 7) is 4.24. The fraction of sp³-hybridized carbons (Fsp3) is 0.538. The SMILES string of the molecule is CCC(C)CC(N)c1ccc(OC)cc1F. The van der Waals surface area contributed by atoms with Crippen LogP contribution in [-0.2, 0) is 0 Å². The minimum atomic E-state index is -0.282. The lowest BCUT2D eigenvalue weighted by Gasteiger charge is -2.17. The van der Waals surface area contributed by atoms with E-state index >= 15 is 0 Å². The van der Waals surface area contributed by atoms with Crippen LogP contribution < -0.4 is 10.5 Å². The third-order valence-electron chi connectivity index (χ3n) is 2.96. The highest BCUT2D eigenvalue weighted by molar-refractivity contribution is 5.30. The molecule has 0 aliphatic carbocycles. The van der Waals surface area contributed by atoms with Gasteiger partial charge in [0.05, 0.1) is 7.11 Å². The van der Waals surface area contributed by atoms with Crippen LogP contribution >= 0.6 is 0 Å². The van der Waals surface area contributed by atoms with E-state index in [1.54, 1.807) is 12.1 Å². The van der Waals surface area contributed by atoms with Crippen molar-refractivity contribution in [2.75, 3.05) is 7.11 Å². The summed E-state index contributed by atoms with van der Waals surface area (Å²) in [5.74, 6) is 0.753. The van der Waals surface area contributed by atoms with Crippen LogP contribution in [0.3, 0.4) is 0 Å². The minimum Gasteiger partial charge on any atom is -0.497 e. The van der Waals surface area contributed by atoms with Crippen LogP contribution in [0.5, 0.6) is 5.75 Å². The van der Waals surface area contributed by atoms with Gasteiger partial charge in [0, 0.05) is 17.7 Å². The molecule has 0 saturated heterocycles. The van der Waals surface area contributed by atoms with Crippen molar-refractivity contribution < 1.29 is 9.13 Å². The lowest BCUT2D eigenvalue weighted by molar-refractivity contribution is 0.408. The van der Waals surface area contributed by atoms with E-state index in [9.17, 15) is 4.39 Å². The van der Waals surface area contributed by atoms with Crippen LogP contribution in [0.4, 0.5) is 4.39 Å². The quantitative estimate of drug-likeness (QED) is 0.834. The fourth-order valence-electron chi connectivity index (χ4n) is 1.66. The second kappa shape index (κ2) is 5.85. The maximum Gasteiger partial charge on any atom is 0.131 e. The molecule has 90 valence electrons. The third kappa shape index (κ3) is 3.20. The highest BCUT2D eigenvalue weighted by Crippen LogP contribution is 2.25. The molecule has 0 aliphatic heterocycles. The summed E-state index contributed by atoms with van der Waals surface area (Å²) in [7, 11) is 1.52. The van der Waals surface area contributed by atoms with Gasteiger partial charge < -0.3 is 10.5 Å². The average molecular weight is 225 g/mol. The normalized spacial score (nSPS) is 14.6. The van der Waals surface area contributed by atoms with Gasteiger partial charge in [-0.25, -0.2) is 4.39 Å². The lowest BCUT2D eigenvalue weighted by Crippen LogP contribution is -2.15. The van der Waals surface area contributed by atoms with E-state index in [1.165, 1.54) is 13.2 Å². The van der Waals surface area contributed by atoms with Gasteiger partial charge in [-0.1, -0.05) is 26.3 Å². The zero-order chi connectivity index (χ0) is 12.1. The first kappa shape index (κ1) is 13.0. The fourth-order valence-corrected chi connectivity index (χ4v) is 1.66. The zero-order valence-electron chi connectivity index (χ0n) is 10.2. The number of methoxy groups -OCH3 is 1. The van der Waals surface area contributed by atoms with Gasteiger partial charge in [0.1, 0.15) is 11.6 Å². The van der Waals surface area contributed by atoms with Crippen LogP contribution in [-0.4, -0.2) is 7.11 Å². The van der Waals surface area contributed by atoms with E-state index < -0.39 is 0 Å². The minimum absolute atomic E-state index is 0.235. The van der Waals surface area contributed by atoms with E-state index in [1.807, 2.05) is 0 Å².